The van der Waals surface area contributed by atoms with Gasteiger partial charge in [-0.3, -0.25) is 0 Å². The maximum absolute atomic E-state index is 9.36. The molecule has 3 N–H and O–H groups in total. The second-order valence-electron chi connectivity index (χ2n) is 6.20. The zero-order valence-electron chi connectivity index (χ0n) is 17.3. The Morgan fingerprint density at radius 3 is 2.46 bits per heavy atom. The topological polar surface area (TPSA) is 87.9 Å². The summed E-state index contributed by atoms with van der Waals surface area (Å²) in [5.74, 6) is 1.43. The lowest BCUT2D eigenvalue weighted by Crippen LogP contribution is -2.31. The first-order valence-electron chi connectivity index (χ1n) is 10.1. The fourth-order valence-corrected chi connectivity index (χ4v) is 2.78. The molecule has 152 valence electrons. The number of nitrogens with one attached hydrogen (secondary N) is 2. The van der Waals surface area contributed by atoms with Gasteiger partial charge in [-0.05, 0) is 18.9 Å². The number of anilines is 1. The Morgan fingerprint density at radius 2 is 1.82 bits per heavy atom. The summed E-state index contributed by atoms with van der Waals surface area (Å²) in [6, 6.07) is 10.2. The summed E-state index contributed by atoms with van der Waals surface area (Å²) in [7, 11) is 0. The van der Waals surface area contributed by atoms with Crippen molar-refractivity contribution >= 4 is 17.0 Å². The molecular weight excluding hydrogens is 352 g/mol. The first kappa shape index (κ1) is 21.8. The molecule has 0 spiro atoms. The zero-order chi connectivity index (χ0) is 20.4. The molecule has 0 aliphatic rings. The van der Waals surface area contributed by atoms with E-state index < -0.39 is 0 Å². The van der Waals surface area contributed by atoms with Crippen molar-refractivity contribution in [1.82, 2.24) is 24.8 Å². The lowest BCUT2D eigenvalue weighted by molar-refractivity contribution is 0.237. The number of aliphatic hydroxyl groups excluding tert-OH is 1. The van der Waals surface area contributed by atoms with Crippen LogP contribution in [0, 0.1) is 0 Å². The maximum atomic E-state index is 9.36. The summed E-state index contributed by atoms with van der Waals surface area (Å²) in [6.45, 7) is 10.2. The molecule has 0 amide bonds. The van der Waals surface area contributed by atoms with Crippen molar-refractivity contribution in [1.29, 1.82) is 0 Å². The average Bonchev–Trinajstić information content (AvgIpc) is 3.18. The van der Waals surface area contributed by atoms with Gasteiger partial charge in [0.2, 0.25) is 0 Å². The molecule has 0 bridgehead atoms. The van der Waals surface area contributed by atoms with E-state index >= 15 is 0 Å². The van der Waals surface area contributed by atoms with Gasteiger partial charge in [0.25, 0.3) is 0 Å². The van der Waals surface area contributed by atoms with Crippen LogP contribution in [0.5, 0.6) is 0 Å². The largest absolute Gasteiger partial charge is 0.395 e. The number of aryl methyl sites for hydroxylation is 1. The molecule has 0 fully saturated rings. The van der Waals surface area contributed by atoms with Gasteiger partial charge in [0.05, 0.1) is 19.5 Å². The molecule has 1 atom stereocenters. The van der Waals surface area contributed by atoms with Crippen LogP contribution in [-0.2, 0) is 19.6 Å². The number of nitrogens with zero attached hydrogens (tertiary/aromatic N) is 4. The van der Waals surface area contributed by atoms with Crippen molar-refractivity contribution in [2.24, 2.45) is 0 Å². The molecule has 1 unspecified atom stereocenters. The molecule has 1 aromatic carbocycles. The Labute approximate surface area is 167 Å². The lowest BCUT2D eigenvalue weighted by Gasteiger charge is -2.14. The van der Waals surface area contributed by atoms with Gasteiger partial charge in [-0.1, -0.05) is 51.1 Å². The second kappa shape index (κ2) is 11.4. The minimum absolute atomic E-state index is 0.0473. The number of fused-ring (bicyclic) bond motifs is 1. The fraction of sp³-hybridized carbons (Fsp3) is 0.476. The number of hydrogen-bond acceptors (Lipinski definition) is 6. The van der Waals surface area contributed by atoms with E-state index in [1.165, 1.54) is 5.56 Å². The first-order chi connectivity index (χ1) is 13.7. The average molecular weight is 385 g/mol. The Hall–Kier alpha value is -2.51. The number of aromatic nitrogens is 4. The molecule has 0 radical (unpaired) electrons. The summed E-state index contributed by atoms with van der Waals surface area (Å²) in [5.41, 5.74) is 2.79. The first-order valence-corrected chi connectivity index (χ1v) is 10.1. The number of imidazole rings is 1. The van der Waals surface area contributed by atoms with E-state index in [4.69, 9.17) is 0 Å². The molecule has 0 aliphatic heterocycles. The van der Waals surface area contributed by atoms with Crippen molar-refractivity contribution < 1.29 is 5.11 Å². The minimum atomic E-state index is 0.0473. The summed E-state index contributed by atoms with van der Waals surface area (Å²) >= 11 is 0. The van der Waals surface area contributed by atoms with E-state index in [2.05, 4.69) is 44.6 Å². The number of hydrogen-bond donors (Lipinski definition) is 3. The van der Waals surface area contributed by atoms with E-state index in [0.29, 0.717) is 18.9 Å². The Bertz CT molecular complexity index is 830. The monoisotopic (exact) mass is 384 g/mol. The lowest BCUT2D eigenvalue weighted by atomic mass is 10.2. The summed E-state index contributed by atoms with van der Waals surface area (Å²) < 4.78 is 2.01. The molecule has 3 aromatic rings. The molecule has 28 heavy (non-hydrogen) atoms. The van der Waals surface area contributed by atoms with E-state index in [9.17, 15) is 5.11 Å². The molecule has 0 saturated carbocycles. The van der Waals surface area contributed by atoms with Gasteiger partial charge >= 0.3 is 0 Å². The van der Waals surface area contributed by atoms with Gasteiger partial charge in [-0.15, -0.1) is 0 Å². The van der Waals surface area contributed by atoms with Crippen LogP contribution in [-0.4, -0.2) is 37.3 Å². The fourth-order valence-electron chi connectivity index (χ4n) is 2.78. The number of aliphatic hydroxyl groups is 1. The van der Waals surface area contributed by atoms with Crippen molar-refractivity contribution in [2.75, 3.05) is 11.9 Å². The van der Waals surface area contributed by atoms with Crippen LogP contribution in [0.25, 0.3) is 11.2 Å². The molecular formula is C21H32N6O. The highest BCUT2D eigenvalue weighted by Gasteiger charge is 2.14. The highest BCUT2D eigenvalue weighted by Crippen LogP contribution is 2.20. The van der Waals surface area contributed by atoms with Crippen LogP contribution in [0.15, 0.2) is 36.7 Å². The molecule has 7 nitrogen and oxygen atoms in total. The van der Waals surface area contributed by atoms with Crippen molar-refractivity contribution in [3.05, 3.63) is 48.0 Å². The normalized spacial score (nSPS) is 11.8. The third-order valence-corrected chi connectivity index (χ3v) is 4.42. The van der Waals surface area contributed by atoms with Gasteiger partial charge in [0, 0.05) is 19.1 Å². The van der Waals surface area contributed by atoms with Crippen molar-refractivity contribution in [3.63, 3.8) is 0 Å². The predicted octanol–water partition coefficient (Wildman–Crippen LogP) is 3.35. The van der Waals surface area contributed by atoms with Gasteiger partial charge < -0.3 is 20.3 Å². The molecule has 3 rings (SSSR count). The molecule has 0 saturated heterocycles. The van der Waals surface area contributed by atoms with Crippen LogP contribution >= 0.6 is 0 Å². The standard InChI is InChI=1S/C19H26N6O.C2H6/c1-3-15(12-26)20-11-16-23-18(21-10-14-8-6-5-7-9-14)17-19(24-16)25(4-2)13-22-17;1-2/h5-9,13,15,20,26H,3-4,10-12H2,1-2H3,(H,21,23,24);1-2H3. The van der Waals surface area contributed by atoms with Crippen LogP contribution in [0.4, 0.5) is 5.82 Å². The highest BCUT2D eigenvalue weighted by molar-refractivity contribution is 5.83. The zero-order valence-corrected chi connectivity index (χ0v) is 17.3. The smallest absolute Gasteiger partial charge is 0.165 e. The quantitative estimate of drug-likeness (QED) is 0.524. The Morgan fingerprint density at radius 1 is 1.07 bits per heavy atom. The van der Waals surface area contributed by atoms with Gasteiger partial charge in [0.1, 0.15) is 11.3 Å². The Kier molecular flexibility index (Phi) is 8.84. The summed E-state index contributed by atoms with van der Waals surface area (Å²) in [5, 5.41) is 16.1. The van der Waals surface area contributed by atoms with Crippen LogP contribution in [0.1, 0.15) is 45.5 Å². The van der Waals surface area contributed by atoms with Crippen molar-refractivity contribution in [2.45, 2.75) is 59.8 Å². The molecule has 0 aliphatic carbocycles. The highest BCUT2D eigenvalue weighted by atomic mass is 16.3. The van der Waals surface area contributed by atoms with Gasteiger partial charge in [-0.25, -0.2) is 15.0 Å². The van der Waals surface area contributed by atoms with Crippen LogP contribution in [0.3, 0.4) is 0 Å². The molecule has 7 heteroatoms. The van der Waals surface area contributed by atoms with Crippen molar-refractivity contribution in [3.8, 4) is 0 Å². The SMILES string of the molecule is CC.CCC(CO)NCc1nc(NCc2ccccc2)c2ncn(CC)c2n1. The van der Waals surface area contributed by atoms with Crippen LogP contribution in [0.2, 0.25) is 0 Å². The van der Waals surface area contributed by atoms with Gasteiger partial charge in [0.15, 0.2) is 11.5 Å². The maximum Gasteiger partial charge on any atom is 0.165 e. The Balaban J connectivity index is 0.00000136. The molecule has 2 heterocycles. The molecule has 2 aromatic heterocycles. The van der Waals surface area contributed by atoms with Gasteiger partial charge in [-0.2, -0.15) is 0 Å². The van der Waals surface area contributed by atoms with E-state index in [1.807, 2.05) is 43.5 Å². The van der Waals surface area contributed by atoms with E-state index in [1.54, 1.807) is 6.33 Å². The summed E-state index contributed by atoms with van der Waals surface area (Å²) in [4.78, 5) is 13.8. The summed E-state index contributed by atoms with van der Waals surface area (Å²) in [6.07, 6.45) is 2.65. The van der Waals surface area contributed by atoms with E-state index in [-0.39, 0.29) is 12.6 Å². The van der Waals surface area contributed by atoms with E-state index in [0.717, 1.165) is 29.9 Å². The number of rotatable bonds is 9. The minimum Gasteiger partial charge on any atom is -0.395 e. The second-order valence-corrected chi connectivity index (χ2v) is 6.20. The number of benzene rings is 1. The van der Waals surface area contributed by atoms with Crippen LogP contribution < -0.4 is 10.6 Å². The predicted molar refractivity (Wildman–Crippen MR) is 114 cm³/mol. The third-order valence-electron chi connectivity index (χ3n) is 4.42. The third kappa shape index (κ3) is 5.50.